The van der Waals surface area contributed by atoms with Crippen LogP contribution in [0, 0.1) is 5.92 Å². The van der Waals surface area contributed by atoms with Crippen molar-refractivity contribution in [2.24, 2.45) is 5.92 Å². The molecule has 0 saturated carbocycles. The van der Waals surface area contributed by atoms with Crippen molar-refractivity contribution in [1.82, 2.24) is 0 Å². The Labute approximate surface area is 114 Å². The molecule has 1 N–H and O–H groups in total. The molecule has 0 radical (unpaired) electrons. The highest BCUT2D eigenvalue weighted by Gasteiger charge is 2.26. The Morgan fingerprint density at radius 3 is 2.53 bits per heavy atom. The van der Waals surface area contributed by atoms with E-state index in [9.17, 15) is 5.11 Å². The minimum atomic E-state index is -0.284. The van der Waals surface area contributed by atoms with Crippen LogP contribution in [0.1, 0.15) is 35.6 Å². The predicted octanol–water partition coefficient (Wildman–Crippen LogP) is 3.92. The van der Waals surface area contributed by atoms with Gasteiger partial charge < -0.3 is 5.11 Å². The van der Waals surface area contributed by atoms with Gasteiger partial charge in [0, 0.05) is 0 Å². The molecule has 2 atom stereocenters. The van der Waals surface area contributed by atoms with Crippen LogP contribution in [0.15, 0.2) is 54.6 Å². The van der Waals surface area contributed by atoms with Gasteiger partial charge in [-0.25, -0.2) is 0 Å². The van der Waals surface area contributed by atoms with E-state index in [-0.39, 0.29) is 6.10 Å². The Morgan fingerprint density at radius 1 is 0.947 bits per heavy atom. The molecule has 1 nitrogen and oxygen atoms in total. The summed E-state index contributed by atoms with van der Waals surface area (Å²) in [6.45, 7) is 0. The summed E-state index contributed by atoms with van der Waals surface area (Å²) >= 11 is 0. The van der Waals surface area contributed by atoms with Gasteiger partial charge in [-0.15, -0.1) is 0 Å². The molecule has 0 amide bonds. The van der Waals surface area contributed by atoms with E-state index in [1.165, 1.54) is 11.1 Å². The zero-order valence-electron chi connectivity index (χ0n) is 11.1. The Bertz CT molecular complexity index is 532. The summed E-state index contributed by atoms with van der Waals surface area (Å²) < 4.78 is 0. The summed E-state index contributed by atoms with van der Waals surface area (Å²) in [5.41, 5.74) is 3.84. The molecule has 2 aromatic carbocycles. The predicted molar refractivity (Wildman–Crippen MR) is 78.0 cm³/mol. The third-order valence-electron chi connectivity index (χ3n) is 4.25. The molecule has 0 fully saturated rings. The van der Waals surface area contributed by atoms with E-state index in [1.54, 1.807) is 0 Å². The van der Waals surface area contributed by atoms with Crippen molar-refractivity contribution in [2.45, 2.75) is 31.8 Å². The Morgan fingerprint density at radius 2 is 1.68 bits per heavy atom. The molecule has 0 bridgehead atoms. The van der Waals surface area contributed by atoms with Crippen molar-refractivity contribution in [3.8, 4) is 0 Å². The number of fused-ring (bicyclic) bond motifs is 1. The molecule has 2 aromatic rings. The van der Waals surface area contributed by atoms with Crippen molar-refractivity contribution >= 4 is 0 Å². The van der Waals surface area contributed by atoms with Crippen LogP contribution in [0.2, 0.25) is 0 Å². The fraction of sp³-hybridized carbons (Fsp3) is 0.333. The van der Waals surface area contributed by atoms with E-state index < -0.39 is 0 Å². The molecule has 0 aromatic heterocycles. The first kappa shape index (κ1) is 12.4. The smallest absolute Gasteiger partial charge is 0.0821 e. The molecular weight excluding hydrogens is 232 g/mol. The van der Waals surface area contributed by atoms with Crippen LogP contribution in [0.5, 0.6) is 0 Å². The summed E-state index contributed by atoms with van der Waals surface area (Å²) in [5, 5.41) is 10.5. The van der Waals surface area contributed by atoms with Gasteiger partial charge in [0.1, 0.15) is 0 Å². The van der Waals surface area contributed by atoms with Gasteiger partial charge in [0.25, 0.3) is 0 Å². The van der Waals surface area contributed by atoms with Crippen LogP contribution in [0.4, 0.5) is 0 Å². The van der Waals surface area contributed by atoms with E-state index in [2.05, 4.69) is 48.5 Å². The maximum Gasteiger partial charge on any atom is 0.0821 e. The molecular formula is C18H20O. The number of aliphatic hydroxyl groups is 1. The Hall–Kier alpha value is -1.60. The minimum Gasteiger partial charge on any atom is -0.388 e. The lowest BCUT2D eigenvalue weighted by Crippen LogP contribution is -2.21. The molecule has 1 aliphatic carbocycles. The molecule has 0 aliphatic heterocycles. The summed E-state index contributed by atoms with van der Waals surface area (Å²) in [6, 6.07) is 18.9. The Balaban J connectivity index is 1.68. The zero-order chi connectivity index (χ0) is 13.1. The molecule has 0 spiro atoms. The first-order valence-electron chi connectivity index (χ1n) is 7.14. The molecule has 1 heteroatoms. The average Bonchev–Trinajstić information content (AvgIpc) is 2.48. The fourth-order valence-corrected chi connectivity index (χ4v) is 3.10. The van der Waals surface area contributed by atoms with Gasteiger partial charge in [0.2, 0.25) is 0 Å². The lowest BCUT2D eigenvalue weighted by Gasteiger charge is -2.30. The molecule has 0 unspecified atom stereocenters. The van der Waals surface area contributed by atoms with Gasteiger partial charge in [-0.3, -0.25) is 0 Å². The maximum atomic E-state index is 10.5. The summed E-state index contributed by atoms with van der Waals surface area (Å²) in [4.78, 5) is 0. The first-order chi connectivity index (χ1) is 9.34. The van der Waals surface area contributed by atoms with E-state index in [1.807, 2.05) is 6.07 Å². The number of hydrogen-bond donors (Lipinski definition) is 1. The number of rotatable bonds is 3. The summed E-state index contributed by atoms with van der Waals surface area (Å²) in [5.74, 6) is 0.398. The van der Waals surface area contributed by atoms with Gasteiger partial charge in [-0.05, 0) is 48.3 Å². The van der Waals surface area contributed by atoms with E-state index in [0.29, 0.717) is 5.92 Å². The number of benzene rings is 2. The van der Waals surface area contributed by atoms with E-state index >= 15 is 0 Å². The average molecular weight is 252 g/mol. The van der Waals surface area contributed by atoms with E-state index in [0.717, 1.165) is 31.2 Å². The SMILES string of the molecule is O[C@H]1c2ccccc2CC[C@H]1CCc1ccccc1. The second kappa shape index (κ2) is 5.58. The standard InChI is InChI=1S/C18H20O/c19-18-16(11-10-14-6-2-1-3-7-14)13-12-15-8-4-5-9-17(15)18/h1-9,16,18-19H,10-13H2/t16-,18-/m1/s1. The lowest BCUT2D eigenvalue weighted by atomic mass is 9.79. The Kier molecular flexibility index (Phi) is 3.65. The molecule has 0 heterocycles. The number of aliphatic hydroxyl groups excluding tert-OH is 1. The van der Waals surface area contributed by atoms with Gasteiger partial charge >= 0.3 is 0 Å². The molecule has 19 heavy (non-hydrogen) atoms. The van der Waals surface area contributed by atoms with E-state index in [4.69, 9.17) is 0 Å². The maximum absolute atomic E-state index is 10.5. The highest BCUT2D eigenvalue weighted by Crippen LogP contribution is 2.36. The lowest BCUT2D eigenvalue weighted by molar-refractivity contribution is 0.0887. The van der Waals surface area contributed by atoms with Crippen LogP contribution in [0.3, 0.4) is 0 Å². The summed E-state index contributed by atoms with van der Waals surface area (Å²) in [6.07, 6.45) is 4.05. The largest absolute Gasteiger partial charge is 0.388 e. The van der Waals surface area contributed by atoms with Gasteiger partial charge in [0.05, 0.1) is 6.10 Å². The van der Waals surface area contributed by atoms with Crippen molar-refractivity contribution in [2.75, 3.05) is 0 Å². The third kappa shape index (κ3) is 2.71. The van der Waals surface area contributed by atoms with Crippen LogP contribution in [-0.2, 0) is 12.8 Å². The first-order valence-corrected chi connectivity index (χ1v) is 7.14. The number of hydrogen-bond acceptors (Lipinski definition) is 1. The van der Waals surface area contributed by atoms with Crippen LogP contribution in [-0.4, -0.2) is 5.11 Å². The number of aryl methyl sites for hydroxylation is 2. The van der Waals surface area contributed by atoms with Gasteiger partial charge in [-0.1, -0.05) is 54.6 Å². The zero-order valence-corrected chi connectivity index (χ0v) is 11.1. The topological polar surface area (TPSA) is 20.2 Å². The van der Waals surface area contributed by atoms with Crippen molar-refractivity contribution < 1.29 is 5.11 Å². The molecule has 3 rings (SSSR count). The highest BCUT2D eigenvalue weighted by atomic mass is 16.3. The van der Waals surface area contributed by atoms with Crippen LogP contribution in [0.25, 0.3) is 0 Å². The molecule has 1 aliphatic rings. The van der Waals surface area contributed by atoms with Crippen molar-refractivity contribution in [1.29, 1.82) is 0 Å². The van der Waals surface area contributed by atoms with Crippen LogP contribution < -0.4 is 0 Å². The summed E-state index contributed by atoms with van der Waals surface area (Å²) in [7, 11) is 0. The minimum absolute atomic E-state index is 0.284. The quantitative estimate of drug-likeness (QED) is 0.878. The molecule has 98 valence electrons. The third-order valence-corrected chi connectivity index (χ3v) is 4.25. The monoisotopic (exact) mass is 252 g/mol. The van der Waals surface area contributed by atoms with Gasteiger partial charge in [-0.2, -0.15) is 0 Å². The van der Waals surface area contributed by atoms with Crippen LogP contribution >= 0.6 is 0 Å². The fourth-order valence-electron chi connectivity index (χ4n) is 3.10. The second-order valence-corrected chi connectivity index (χ2v) is 5.47. The van der Waals surface area contributed by atoms with Crippen molar-refractivity contribution in [3.63, 3.8) is 0 Å². The molecule has 0 saturated heterocycles. The van der Waals surface area contributed by atoms with Gasteiger partial charge in [0.15, 0.2) is 0 Å². The second-order valence-electron chi connectivity index (χ2n) is 5.47. The highest BCUT2D eigenvalue weighted by molar-refractivity contribution is 5.31. The van der Waals surface area contributed by atoms with Crippen molar-refractivity contribution in [3.05, 3.63) is 71.3 Å². The normalized spacial score (nSPS) is 21.9.